The van der Waals surface area contributed by atoms with Gasteiger partial charge in [0, 0.05) is 10.9 Å². The molecule has 0 unspecified atom stereocenters. The van der Waals surface area contributed by atoms with Gasteiger partial charge in [0.25, 0.3) is 0 Å². The van der Waals surface area contributed by atoms with E-state index in [4.69, 9.17) is 5.11 Å². The molecule has 0 aliphatic heterocycles. The van der Waals surface area contributed by atoms with Crippen LogP contribution in [-0.4, -0.2) is 5.11 Å². The molecule has 0 bridgehead atoms. The number of rotatable bonds is 1. The van der Waals surface area contributed by atoms with Crippen molar-refractivity contribution in [1.82, 2.24) is 0 Å². The van der Waals surface area contributed by atoms with Crippen molar-refractivity contribution in [2.75, 3.05) is 0 Å². The third kappa shape index (κ3) is 2.69. The smallest absolute Gasteiger partial charge is 0.116 e. The summed E-state index contributed by atoms with van der Waals surface area (Å²) in [5, 5.41) is 12.5. The summed E-state index contributed by atoms with van der Waals surface area (Å²) in [6.45, 7) is 7.36. The highest BCUT2D eigenvalue weighted by Crippen LogP contribution is 2.11. The minimum atomic E-state index is 0.145. The molecule has 1 N–H and O–H groups in total. The molecule has 1 heterocycles. The fourth-order valence-electron chi connectivity index (χ4n) is 0.429. The van der Waals surface area contributed by atoms with Gasteiger partial charge >= 0.3 is 0 Å². The second kappa shape index (κ2) is 5.06. The molecule has 1 nitrogen and oxygen atoms in total. The zero-order valence-corrected chi connectivity index (χ0v) is 7.11. The Morgan fingerprint density at radius 3 is 2.40 bits per heavy atom. The van der Waals surface area contributed by atoms with E-state index in [-0.39, 0.29) is 5.76 Å². The Kier molecular flexibility index (Phi) is 4.67. The van der Waals surface area contributed by atoms with E-state index < -0.39 is 0 Å². The van der Waals surface area contributed by atoms with Crippen LogP contribution in [0, 0.1) is 0 Å². The second-order valence-corrected chi connectivity index (χ2v) is 2.24. The molecule has 0 aliphatic rings. The summed E-state index contributed by atoms with van der Waals surface area (Å²) < 4.78 is 0. The van der Waals surface area contributed by atoms with Gasteiger partial charge < -0.3 is 5.11 Å². The largest absolute Gasteiger partial charge is 0.508 e. The number of hydrogen-bond acceptors (Lipinski definition) is 2. The minimum absolute atomic E-state index is 0.145. The summed E-state index contributed by atoms with van der Waals surface area (Å²) in [5.41, 5.74) is 0.815. The highest BCUT2D eigenvalue weighted by molar-refractivity contribution is 7.08. The Morgan fingerprint density at radius 1 is 1.60 bits per heavy atom. The van der Waals surface area contributed by atoms with Gasteiger partial charge in [-0.1, -0.05) is 20.4 Å². The van der Waals surface area contributed by atoms with Crippen molar-refractivity contribution in [3.63, 3.8) is 0 Å². The van der Waals surface area contributed by atoms with Crippen LogP contribution in [0.5, 0.6) is 0 Å². The van der Waals surface area contributed by atoms with Crippen molar-refractivity contribution in [3.8, 4) is 0 Å². The fourth-order valence-corrected chi connectivity index (χ4v) is 1.09. The lowest BCUT2D eigenvalue weighted by atomic mass is 10.3. The van der Waals surface area contributed by atoms with Crippen molar-refractivity contribution in [1.29, 1.82) is 0 Å². The van der Waals surface area contributed by atoms with Crippen LogP contribution in [0.1, 0.15) is 19.4 Å². The molecule has 1 aromatic heterocycles. The second-order valence-electron chi connectivity index (χ2n) is 1.46. The molecular weight excluding hydrogens is 144 g/mol. The molecule has 0 fully saturated rings. The standard InChI is InChI=1S/C6H6OS.C2H6/c1-5(7)6-2-3-8-4-6;1-2/h2-4,7H,1H2;1-2H3. The Bertz CT molecular complexity index is 177. The van der Waals surface area contributed by atoms with Crippen LogP contribution in [0.15, 0.2) is 23.4 Å². The molecular formula is C8H12OS. The van der Waals surface area contributed by atoms with Crippen LogP contribution < -0.4 is 0 Å². The van der Waals surface area contributed by atoms with Crippen molar-refractivity contribution in [2.45, 2.75) is 13.8 Å². The zero-order chi connectivity index (χ0) is 7.98. The molecule has 0 spiro atoms. The van der Waals surface area contributed by atoms with Crippen LogP contribution in [0.25, 0.3) is 5.76 Å². The average Bonchev–Trinajstić information content (AvgIpc) is 2.42. The molecule has 1 aromatic rings. The number of aliphatic hydroxyl groups excluding tert-OH is 1. The highest BCUT2D eigenvalue weighted by Gasteiger charge is 1.91. The number of hydrogen-bond donors (Lipinski definition) is 1. The van der Waals surface area contributed by atoms with Crippen LogP contribution >= 0.6 is 11.3 Å². The van der Waals surface area contributed by atoms with E-state index in [0.29, 0.717) is 0 Å². The third-order valence-corrected chi connectivity index (χ3v) is 1.54. The summed E-state index contributed by atoms with van der Waals surface area (Å²) >= 11 is 1.55. The van der Waals surface area contributed by atoms with E-state index in [2.05, 4.69) is 6.58 Å². The monoisotopic (exact) mass is 156 g/mol. The summed E-state index contributed by atoms with van der Waals surface area (Å²) in [6, 6.07) is 1.83. The quantitative estimate of drug-likeness (QED) is 0.618. The summed E-state index contributed by atoms with van der Waals surface area (Å²) in [6.07, 6.45) is 0. The van der Waals surface area contributed by atoms with Crippen LogP contribution in [0.3, 0.4) is 0 Å². The average molecular weight is 156 g/mol. The van der Waals surface area contributed by atoms with Gasteiger partial charge in [0.2, 0.25) is 0 Å². The molecule has 1 rings (SSSR count). The van der Waals surface area contributed by atoms with Gasteiger partial charge in [0.15, 0.2) is 0 Å². The molecule has 10 heavy (non-hydrogen) atoms. The van der Waals surface area contributed by atoms with Crippen molar-refractivity contribution < 1.29 is 5.11 Å². The van der Waals surface area contributed by atoms with E-state index >= 15 is 0 Å². The summed E-state index contributed by atoms with van der Waals surface area (Å²) in [5.74, 6) is 0.145. The summed E-state index contributed by atoms with van der Waals surface area (Å²) in [7, 11) is 0. The maximum Gasteiger partial charge on any atom is 0.116 e. The van der Waals surface area contributed by atoms with Gasteiger partial charge in [-0.05, 0) is 11.4 Å². The Hall–Kier alpha value is -0.760. The van der Waals surface area contributed by atoms with Gasteiger partial charge in [-0.25, -0.2) is 0 Å². The van der Waals surface area contributed by atoms with Crippen molar-refractivity contribution >= 4 is 17.1 Å². The van der Waals surface area contributed by atoms with Gasteiger partial charge in [0.05, 0.1) is 0 Å². The molecule has 0 aliphatic carbocycles. The lowest BCUT2D eigenvalue weighted by Gasteiger charge is -1.86. The first-order valence-electron chi connectivity index (χ1n) is 3.21. The maximum absolute atomic E-state index is 8.72. The van der Waals surface area contributed by atoms with Crippen LogP contribution in [-0.2, 0) is 0 Å². The first-order valence-corrected chi connectivity index (χ1v) is 4.15. The van der Waals surface area contributed by atoms with E-state index in [1.807, 2.05) is 30.7 Å². The predicted molar refractivity (Wildman–Crippen MR) is 47.3 cm³/mol. The lowest BCUT2D eigenvalue weighted by Crippen LogP contribution is -1.70. The first kappa shape index (κ1) is 9.24. The number of aliphatic hydroxyl groups is 1. The molecule has 0 saturated heterocycles. The fraction of sp³-hybridized carbons (Fsp3) is 0.250. The van der Waals surface area contributed by atoms with Gasteiger partial charge in [-0.3, -0.25) is 0 Å². The van der Waals surface area contributed by atoms with E-state index in [0.717, 1.165) is 5.56 Å². The minimum Gasteiger partial charge on any atom is -0.508 e. The van der Waals surface area contributed by atoms with Crippen LogP contribution in [0.2, 0.25) is 0 Å². The maximum atomic E-state index is 8.72. The normalized spacial score (nSPS) is 7.80. The zero-order valence-electron chi connectivity index (χ0n) is 6.29. The van der Waals surface area contributed by atoms with Gasteiger partial charge in [-0.15, -0.1) is 0 Å². The third-order valence-electron chi connectivity index (χ3n) is 0.854. The summed E-state index contributed by atoms with van der Waals surface area (Å²) in [4.78, 5) is 0. The molecule has 0 atom stereocenters. The Balaban J connectivity index is 0.000000371. The van der Waals surface area contributed by atoms with Crippen molar-refractivity contribution in [3.05, 3.63) is 29.0 Å². The van der Waals surface area contributed by atoms with Gasteiger partial charge in [0.1, 0.15) is 5.76 Å². The topological polar surface area (TPSA) is 20.2 Å². The van der Waals surface area contributed by atoms with E-state index in [1.54, 1.807) is 11.3 Å². The molecule has 0 aromatic carbocycles. The molecule has 2 heteroatoms. The first-order chi connectivity index (χ1) is 4.80. The molecule has 0 radical (unpaired) electrons. The predicted octanol–water partition coefficient (Wildman–Crippen LogP) is 3.30. The molecule has 0 saturated carbocycles. The van der Waals surface area contributed by atoms with Crippen molar-refractivity contribution in [2.24, 2.45) is 0 Å². The number of thiophene rings is 1. The Morgan fingerprint density at radius 2 is 2.20 bits per heavy atom. The van der Waals surface area contributed by atoms with E-state index in [9.17, 15) is 0 Å². The lowest BCUT2D eigenvalue weighted by molar-refractivity contribution is 0.514. The SMILES string of the molecule is C=C(O)c1ccsc1.CC. The van der Waals surface area contributed by atoms with Crippen LogP contribution in [0.4, 0.5) is 0 Å². The van der Waals surface area contributed by atoms with E-state index in [1.165, 1.54) is 0 Å². The highest BCUT2D eigenvalue weighted by atomic mass is 32.1. The van der Waals surface area contributed by atoms with Gasteiger partial charge in [-0.2, -0.15) is 11.3 Å². The molecule has 0 amide bonds. The Labute approximate surface area is 65.6 Å². The molecule has 56 valence electrons.